The SMILES string of the molecule is Cc1cccc(Cc2cc(CN3CCCC(F)(F)C3)nn2-c2ccc(S(N)(=O)=O)cc2F)c1. The molecule has 1 saturated heterocycles. The van der Waals surface area contributed by atoms with Gasteiger partial charge in [-0.1, -0.05) is 29.8 Å². The summed E-state index contributed by atoms with van der Waals surface area (Å²) in [6.07, 6.45) is 0.701. The van der Waals surface area contributed by atoms with E-state index in [1.54, 1.807) is 11.0 Å². The number of aryl methyl sites for hydroxylation is 1. The predicted molar refractivity (Wildman–Crippen MR) is 118 cm³/mol. The van der Waals surface area contributed by atoms with Crippen LogP contribution in [0.2, 0.25) is 0 Å². The summed E-state index contributed by atoms with van der Waals surface area (Å²) >= 11 is 0. The Bertz CT molecular complexity index is 1270. The Labute approximate surface area is 190 Å². The summed E-state index contributed by atoms with van der Waals surface area (Å²) in [6.45, 7) is 2.37. The average Bonchev–Trinajstić information content (AvgIpc) is 3.08. The lowest BCUT2D eigenvalue weighted by Crippen LogP contribution is -2.42. The van der Waals surface area contributed by atoms with Crippen molar-refractivity contribution < 1.29 is 21.6 Å². The molecule has 0 aliphatic carbocycles. The van der Waals surface area contributed by atoms with Crippen LogP contribution in [-0.2, 0) is 23.0 Å². The lowest BCUT2D eigenvalue weighted by Gasteiger charge is -2.31. The maximum absolute atomic E-state index is 14.9. The minimum Gasteiger partial charge on any atom is -0.292 e. The smallest absolute Gasteiger partial charge is 0.260 e. The Hall–Kier alpha value is -2.69. The number of primary sulfonamides is 1. The van der Waals surface area contributed by atoms with Gasteiger partial charge in [0, 0.05) is 25.1 Å². The molecule has 0 spiro atoms. The van der Waals surface area contributed by atoms with Crippen molar-refractivity contribution in [2.75, 3.05) is 13.1 Å². The molecule has 1 aromatic heterocycles. The number of hydrogen-bond donors (Lipinski definition) is 1. The topological polar surface area (TPSA) is 81.2 Å². The van der Waals surface area contributed by atoms with Gasteiger partial charge in [-0.25, -0.2) is 31.4 Å². The fraction of sp³-hybridized carbons (Fsp3) is 0.348. The third-order valence-corrected chi connectivity index (χ3v) is 6.55. The highest BCUT2D eigenvalue weighted by Gasteiger charge is 2.35. The van der Waals surface area contributed by atoms with Crippen molar-refractivity contribution in [1.82, 2.24) is 14.7 Å². The molecular weight excluding hydrogens is 453 g/mol. The summed E-state index contributed by atoms with van der Waals surface area (Å²) in [5, 5.41) is 9.61. The number of nitrogens with two attached hydrogens (primary N) is 1. The van der Waals surface area contributed by atoms with Crippen LogP contribution in [0.1, 0.15) is 35.4 Å². The van der Waals surface area contributed by atoms with Gasteiger partial charge in [0.15, 0.2) is 0 Å². The molecule has 0 atom stereocenters. The van der Waals surface area contributed by atoms with Gasteiger partial charge in [-0.3, -0.25) is 4.90 Å². The standard InChI is InChI=1S/C23H25F3N4O2S/c1-16-4-2-5-17(10-16)11-19-12-18(14-29-9-3-8-23(25,26)15-29)28-30(19)22-7-6-20(13-21(22)24)33(27,31)32/h2,4-7,10,12-13H,3,8-9,11,14-15H2,1H3,(H2,27,31,32). The van der Waals surface area contributed by atoms with Crippen LogP contribution >= 0.6 is 0 Å². The van der Waals surface area contributed by atoms with E-state index in [0.29, 0.717) is 30.8 Å². The highest BCUT2D eigenvalue weighted by molar-refractivity contribution is 7.89. The van der Waals surface area contributed by atoms with Crippen LogP contribution in [0.5, 0.6) is 0 Å². The van der Waals surface area contributed by atoms with Gasteiger partial charge >= 0.3 is 0 Å². The van der Waals surface area contributed by atoms with Gasteiger partial charge in [0.1, 0.15) is 11.5 Å². The quantitative estimate of drug-likeness (QED) is 0.585. The Morgan fingerprint density at radius 3 is 2.61 bits per heavy atom. The highest BCUT2D eigenvalue weighted by Crippen LogP contribution is 2.28. The van der Waals surface area contributed by atoms with Crippen LogP contribution in [0.25, 0.3) is 5.69 Å². The van der Waals surface area contributed by atoms with Crippen LogP contribution in [0, 0.1) is 12.7 Å². The van der Waals surface area contributed by atoms with Crippen LogP contribution in [-0.4, -0.2) is 42.1 Å². The molecular formula is C23H25F3N4O2S. The summed E-state index contributed by atoms with van der Waals surface area (Å²) in [5.74, 6) is -3.54. The van der Waals surface area contributed by atoms with Gasteiger partial charge in [0.25, 0.3) is 5.92 Å². The molecule has 2 aromatic carbocycles. The van der Waals surface area contributed by atoms with Gasteiger partial charge in [0.2, 0.25) is 10.0 Å². The van der Waals surface area contributed by atoms with Crippen molar-refractivity contribution in [3.63, 3.8) is 0 Å². The van der Waals surface area contributed by atoms with E-state index in [2.05, 4.69) is 5.10 Å². The first-order valence-electron chi connectivity index (χ1n) is 10.6. The molecule has 6 nitrogen and oxygen atoms in total. The molecule has 1 aliphatic heterocycles. The number of alkyl halides is 2. The van der Waals surface area contributed by atoms with Gasteiger partial charge in [-0.15, -0.1) is 0 Å². The molecule has 2 N–H and O–H groups in total. The fourth-order valence-corrected chi connectivity index (χ4v) is 4.69. The van der Waals surface area contributed by atoms with E-state index >= 15 is 0 Å². The average molecular weight is 479 g/mol. The minimum absolute atomic E-state index is 0.0558. The molecule has 10 heteroatoms. The van der Waals surface area contributed by atoms with E-state index in [1.165, 1.54) is 16.8 Å². The van der Waals surface area contributed by atoms with Gasteiger partial charge in [-0.05, 0) is 49.7 Å². The van der Waals surface area contributed by atoms with Crippen LogP contribution in [0.15, 0.2) is 53.4 Å². The maximum atomic E-state index is 14.9. The summed E-state index contributed by atoms with van der Waals surface area (Å²) in [7, 11) is -4.06. The Morgan fingerprint density at radius 2 is 1.94 bits per heavy atom. The molecule has 176 valence electrons. The zero-order valence-electron chi connectivity index (χ0n) is 18.1. The zero-order chi connectivity index (χ0) is 23.8. The van der Waals surface area contributed by atoms with E-state index in [9.17, 15) is 21.6 Å². The molecule has 33 heavy (non-hydrogen) atoms. The number of aromatic nitrogens is 2. The summed E-state index contributed by atoms with van der Waals surface area (Å²) in [5.41, 5.74) is 3.29. The second-order valence-corrected chi connectivity index (χ2v) is 10.1. The lowest BCUT2D eigenvalue weighted by molar-refractivity contribution is -0.0663. The van der Waals surface area contributed by atoms with E-state index in [0.717, 1.165) is 17.2 Å². The first kappa shape index (κ1) is 23.5. The van der Waals surface area contributed by atoms with Crippen molar-refractivity contribution in [1.29, 1.82) is 0 Å². The van der Waals surface area contributed by atoms with Crippen molar-refractivity contribution in [3.05, 3.63) is 76.9 Å². The van der Waals surface area contributed by atoms with Gasteiger partial charge in [-0.2, -0.15) is 5.10 Å². The second kappa shape index (κ2) is 8.92. The first-order chi connectivity index (χ1) is 15.5. The number of nitrogens with zero attached hydrogens (tertiary/aromatic N) is 3. The molecule has 1 fully saturated rings. The third kappa shape index (κ3) is 5.63. The van der Waals surface area contributed by atoms with Gasteiger partial charge < -0.3 is 0 Å². The molecule has 1 aliphatic rings. The van der Waals surface area contributed by atoms with Crippen molar-refractivity contribution >= 4 is 10.0 Å². The molecule has 0 unspecified atom stereocenters. The summed E-state index contributed by atoms with van der Waals surface area (Å²) < 4.78 is 67.2. The number of benzene rings is 2. The van der Waals surface area contributed by atoms with Crippen molar-refractivity contribution in [2.45, 2.75) is 43.5 Å². The molecule has 0 saturated carbocycles. The summed E-state index contributed by atoms with van der Waals surface area (Å²) in [4.78, 5) is 1.31. The molecule has 0 bridgehead atoms. The number of sulfonamides is 1. The van der Waals surface area contributed by atoms with Gasteiger partial charge in [0.05, 0.1) is 17.1 Å². The maximum Gasteiger partial charge on any atom is 0.260 e. The number of rotatable bonds is 6. The lowest BCUT2D eigenvalue weighted by atomic mass is 10.1. The third-order valence-electron chi connectivity index (χ3n) is 5.63. The second-order valence-electron chi connectivity index (χ2n) is 8.53. The van der Waals surface area contributed by atoms with E-state index in [-0.39, 0.29) is 30.1 Å². The van der Waals surface area contributed by atoms with E-state index in [1.807, 2.05) is 31.2 Å². The van der Waals surface area contributed by atoms with Crippen LogP contribution in [0.4, 0.5) is 13.2 Å². The number of likely N-dealkylation sites (tertiary alicyclic amines) is 1. The number of piperidine rings is 1. The molecule has 3 aromatic rings. The first-order valence-corrected chi connectivity index (χ1v) is 12.1. The van der Waals surface area contributed by atoms with Crippen LogP contribution < -0.4 is 5.14 Å². The molecule has 0 radical (unpaired) electrons. The Kier molecular flexibility index (Phi) is 6.35. The highest BCUT2D eigenvalue weighted by atomic mass is 32.2. The number of halogens is 3. The number of hydrogen-bond acceptors (Lipinski definition) is 4. The van der Waals surface area contributed by atoms with E-state index < -0.39 is 21.8 Å². The molecule has 0 amide bonds. The largest absolute Gasteiger partial charge is 0.292 e. The Morgan fingerprint density at radius 1 is 1.15 bits per heavy atom. The fourth-order valence-electron chi connectivity index (χ4n) is 4.16. The normalized spacial score (nSPS) is 16.8. The van der Waals surface area contributed by atoms with Crippen LogP contribution in [0.3, 0.4) is 0 Å². The van der Waals surface area contributed by atoms with Crippen molar-refractivity contribution in [3.8, 4) is 5.69 Å². The zero-order valence-corrected chi connectivity index (χ0v) is 19.0. The monoisotopic (exact) mass is 478 g/mol. The molecule has 4 rings (SSSR count). The predicted octanol–water partition coefficient (Wildman–Crippen LogP) is 3.79. The minimum atomic E-state index is -4.06. The molecule has 2 heterocycles. The van der Waals surface area contributed by atoms with Crippen molar-refractivity contribution in [2.24, 2.45) is 5.14 Å². The summed E-state index contributed by atoms with van der Waals surface area (Å²) in [6, 6.07) is 13.0. The Balaban J connectivity index is 1.71. The van der Waals surface area contributed by atoms with E-state index in [4.69, 9.17) is 5.14 Å².